The van der Waals surface area contributed by atoms with Crippen molar-refractivity contribution in [3.63, 3.8) is 0 Å². The molecule has 0 radical (unpaired) electrons. The van der Waals surface area contributed by atoms with Gasteiger partial charge in [-0.1, -0.05) is 30.3 Å². The van der Waals surface area contributed by atoms with Crippen LogP contribution in [-0.2, 0) is 16.0 Å². The van der Waals surface area contributed by atoms with E-state index in [9.17, 15) is 24.5 Å². The number of nitrogens with zero attached hydrogens (tertiary/aromatic N) is 2. The number of hydrogen-bond acceptors (Lipinski definition) is 8. The number of nitro benzene ring substituents is 1. The van der Waals surface area contributed by atoms with Crippen LogP contribution in [0, 0.1) is 10.1 Å². The summed E-state index contributed by atoms with van der Waals surface area (Å²) in [5.74, 6) is -1.58. The number of nitrogens with one attached hydrogen (secondary N) is 1. The minimum absolute atomic E-state index is 0.0581. The lowest BCUT2D eigenvalue weighted by molar-refractivity contribution is -0.385. The maximum Gasteiger partial charge on any atom is 0.344 e. The second-order valence-corrected chi connectivity index (χ2v) is 6.59. The fourth-order valence-corrected chi connectivity index (χ4v) is 3.05. The summed E-state index contributed by atoms with van der Waals surface area (Å²) >= 11 is 0. The summed E-state index contributed by atoms with van der Waals surface area (Å²) in [5.41, 5.74) is -0.00916. The minimum Gasteiger partial charge on any atom is -0.465 e. The Balaban J connectivity index is 2.07. The van der Waals surface area contributed by atoms with E-state index in [0.29, 0.717) is 6.54 Å². The first-order valence-corrected chi connectivity index (χ1v) is 9.35. The predicted octanol–water partition coefficient (Wildman–Crippen LogP) is 2.93. The summed E-state index contributed by atoms with van der Waals surface area (Å²) in [5, 5.41) is 14.5. The zero-order chi connectivity index (χ0) is 23.3. The fraction of sp³-hybridized carbons (Fsp3) is 0.136. The van der Waals surface area contributed by atoms with Gasteiger partial charge in [-0.2, -0.15) is 0 Å². The minimum atomic E-state index is -0.883. The normalized spacial score (nSPS) is 10.3. The van der Waals surface area contributed by atoms with Crippen LogP contribution < -0.4 is 10.9 Å². The van der Waals surface area contributed by atoms with Gasteiger partial charge in [-0.05, 0) is 17.7 Å². The number of benzene rings is 2. The van der Waals surface area contributed by atoms with Crippen molar-refractivity contribution in [2.75, 3.05) is 19.5 Å². The number of aromatic nitrogens is 1. The van der Waals surface area contributed by atoms with Crippen molar-refractivity contribution in [1.82, 2.24) is 4.57 Å². The number of methoxy groups -OCH3 is 2. The number of carbonyl (C=O) groups excluding carboxylic acids is 2. The Bertz CT molecular complexity index is 1240. The zero-order valence-corrected chi connectivity index (χ0v) is 17.2. The molecule has 0 amide bonds. The van der Waals surface area contributed by atoms with E-state index >= 15 is 0 Å². The van der Waals surface area contributed by atoms with Crippen LogP contribution in [0.5, 0.6) is 0 Å². The highest BCUT2D eigenvalue weighted by Crippen LogP contribution is 2.24. The van der Waals surface area contributed by atoms with E-state index in [-0.39, 0.29) is 22.5 Å². The highest BCUT2D eigenvalue weighted by atomic mass is 16.6. The average molecular weight is 437 g/mol. The standard InChI is InChI=1S/C22H19N3O7/c1-31-21(27)16-9-8-15(10-19(16)25(29)30)24-13-17(22(28)32-2)18(11-20(24)26)23-12-14-6-4-3-5-7-14/h3-11,13,23H,12H2,1-2H3. The van der Waals surface area contributed by atoms with E-state index < -0.39 is 28.1 Å². The van der Waals surface area contributed by atoms with Gasteiger partial charge in [-0.3, -0.25) is 19.5 Å². The zero-order valence-electron chi connectivity index (χ0n) is 17.2. The van der Waals surface area contributed by atoms with Crippen molar-refractivity contribution in [3.05, 3.63) is 98.0 Å². The Morgan fingerprint density at radius 3 is 2.28 bits per heavy atom. The number of rotatable bonds is 7. The molecule has 10 nitrogen and oxygen atoms in total. The van der Waals surface area contributed by atoms with Gasteiger partial charge >= 0.3 is 11.9 Å². The third-order valence-electron chi connectivity index (χ3n) is 4.65. The number of esters is 2. The molecule has 0 aliphatic carbocycles. The molecule has 164 valence electrons. The van der Waals surface area contributed by atoms with Gasteiger partial charge in [0.25, 0.3) is 11.2 Å². The summed E-state index contributed by atoms with van der Waals surface area (Å²) in [6.07, 6.45) is 1.23. The van der Waals surface area contributed by atoms with E-state index in [2.05, 4.69) is 10.1 Å². The molecule has 0 saturated heterocycles. The summed E-state index contributed by atoms with van der Waals surface area (Å²) < 4.78 is 10.4. The topological polar surface area (TPSA) is 130 Å². The lowest BCUT2D eigenvalue weighted by Crippen LogP contribution is -2.22. The maximum atomic E-state index is 12.8. The summed E-state index contributed by atoms with van der Waals surface area (Å²) in [4.78, 5) is 47.6. The molecule has 10 heteroatoms. The lowest BCUT2D eigenvalue weighted by Gasteiger charge is -2.14. The second kappa shape index (κ2) is 9.56. The summed E-state index contributed by atoms with van der Waals surface area (Å²) in [6, 6.07) is 14.2. The third-order valence-corrected chi connectivity index (χ3v) is 4.65. The third kappa shape index (κ3) is 4.64. The highest BCUT2D eigenvalue weighted by molar-refractivity contribution is 5.96. The van der Waals surface area contributed by atoms with Crippen LogP contribution in [0.2, 0.25) is 0 Å². The molecular formula is C22H19N3O7. The first-order valence-electron chi connectivity index (χ1n) is 9.35. The van der Waals surface area contributed by atoms with Gasteiger partial charge in [0, 0.05) is 24.9 Å². The molecule has 0 aliphatic heterocycles. The second-order valence-electron chi connectivity index (χ2n) is 6.59. The number of hydrogen-bond donors (Lipinski definition) is 1. The van der Waals surface area contributed by atoms with Gasteiger partial charge < -0.3 is 14.8 Å². The molecule has 3 aromatic rings. The molecule has 0 atom stereocenters. The Labute approximate surface area is 182 Å². The molecule has 1 N–H and O–H groups in total. The van der Waals surface area contributed by atoms with Gasteiger partial charge in [0.15, 0.2) is 0 Å². The summed E-state index contributed by atoms with van der Waals surface area (Å²) in [6.45, 7) is 0.355. The quantitative estimate of drug-likeness (QED) is 0.339. The van der Waals surface area contributed by atoms with Crippen molar-refractivity contribution in [2.45, 2.75) is 6.54 Å². The Kier molecular flexibility index (Phi) is 6.64. The Hall–Kier alpha value is -4.47. The first kappa shape index (κ1) is 22.2. The predicted molar refractivity (Wildman–Crippen MR) is 115 cm³/mol. The van der Waals surface area contributed by atoms with Crippen molar-refractivity contribution in [2.24, 2.45) is 0 Å². The van der Waals surface area contributed by atoms with Gasteiger partial charge in [0.05, 0.1) is 36.1 Å². The fourth-order valence-electron chi connectivity index (χ4n) is 3.05. The van der Waals surface area contributed by atoms with Crippen LogP contribution in [0.25, 0.3) is 5.69 Å². The first-order chi connectivity index (χ1) is 15.3. The molecule has 0 bridgehead atoms. The largest absolute Gasteiger partial charge is 0.465 e. The SMILES string of the molecule is COC(=O)c1cn(-c2ccc(C(=O)OC)c([N+](=O)[O-])c2)c(=O)cc1NCc1ccccc1. The van der Waals surface area contributed by atoms with Crippen LogP contribution in [0.3, 0.4) is 0 Å². The van der Waals surface area contributed by atoms with Crippen LogP contribution in [0.1, 0.15) is 26.3 Å². The molecule has 0 unspecified atom stereocenters. The number of pyridine rings is 1. The van der Waals surface area contributed by atoms with Crippen molar-refractivity contribution in [1.29, 1.82) is 0 Å². The van der Waals surface area contributed by atoms with Crippen LogP contribution >= 0.6 is 0 Å². The molecule has 0 spiro atoms. The lowest BCUT2D eigenvalue weighted by atomic mass is 10.1. The molecule has 0 saturated carbocycles. The van der Waals surface area contributed by atoms with Crippen LogP contribution in [-0.4, -0.2) is 35.6 Å². The molecule has 1 aromatic heterocycles. The van der Waals surface area contributed by atoms with E-state index in [0.717, 1.165) is 23.3 Å². The molecule has 0 aliphatic rings. The van der Waals surface area contributed by atoms with E-state index in [1.54, 1.807) is 0 Å². The van der Waals surface area contributed by atoms with Crippen LogP contribution in [0.15, 0.2) is 65.6 Å². The number of nitro groups is 1. The monoisotopic (exact) mass is 437 g/mol. The molecule has 0 fully saturated rings. The summed E-state index contributed by atoms with van der Waals surface area (Å²) in [7, 11) is 2.31. The van der Waals surface area contributed by atoms with E-state index in [1.807, 2.05) is 30.3 Å². The molecule has 1 heterocycles. The molecule has 2 aromatic carbocycles. The van der Waals surface area contributed by atoms with Crippen LogP contribution in [0.4, 0.5) is 11.4 Å². The number of ether oxygens (including phenoxy) is 2. The Morgan fingerprint density at radius 1 is 1.00 bits per heavy atom. The molecular weight excluding hydrogens is 418 g/mol. The molecule has 32 heavy (non-hydrogen) atoms. The van der Waals surface area contributed by atoms with Crippen molar-refractivity contribution < 1.29 is 24.0 Å². The van der Waals surface area contributed by atoms with Gasteiger partial charge in [0.2, 0.25) is 0 Å². The smallest absolute Gasteiger partial charge is 0.344 e. The van der Waals surface area contributed by atoms with Gasteiger partial charge in [-0.25, -0.2) is 9.59 Å². The average Bonchev–Trinajstić information content (AvgIpc) is 2.82. The van der Waals surface area contributed by atoms with Crippen molar-refractivity contribution in [3.8, 4) is 5.69 Å². The van der Waals surface area contributed by atoms with E-state index in [4.69, 9.17) is 4.74 Å². The van der Waals surface area contributed by atoms with Gasteiger partial charge in [-0.15, -0.1) is 0 Å². The van der Waals surface area contributed by atoms with E-state index in [1.165, 1.54) is 31.5 Å². The number of anilines is 1. The Morgan fingerprint density at radius 2 is 1.66 bits per heavy atom. The van der Waals surface area contributed by atoms with Crippen molar-refractivity contribution >= 4 is 23.3 Å². The maximum absolute atomic E-state index is 12.8. The number of carbonyl (C=O) groups is 2. The highest BCUT2D eigenvalue weighted by Gasteiger charge is 2.23. The van der Waals surface area contributed by atoms with Gasteiger partial charge in [0.1, 0.15) is 5.56 Å². The molecule has 3 rings (SSSR count).